The molecular weight excluding hydrogens is 420 g/mol. The fraction of sp³-hybridized carbons (Fsp3) is 0.250. The average Bonchev–Trinajstić information content (AvgIpc) is 3.13. The van der Waals surface area contributed by atoms with Crippen LogP contribution in [0.4, 0.5) is 5.82 Å². The lowest BCUT2D eigenvalue weighted by atomic mass is 9.77. The summed E-state index contributed by atoms with van der Waals surface area (Å²) in [6.45, 7) is 1.76. The van der Waals surface area contributed by atoms with Crippen LogP contribution in [-0.2, 0) is 0 Å². The van der Waals surface area contributed by atoms with Crippen LogP contribution in [0.3, 0.4) is 0 Å². The first kappa shape index (κ1) is 20.9. The van der Waals surface area contributed by atoms with E-state index < -0.39 is 11.5 Å². The third kappa shape index (κ3) is 3.56. The Morgan fingerprint density at radius 3 is 2.52 bits per heavy atom. The van der Waals surface area contributed by atoms with Gasteiger partial charge in [-0.15, -0.1) is 0 Å². The fourth-order valence-corrected chi connectivity index (χ4v) is 4.42. The number of nitrogens with two attached hydrogens (primary N) is 2. The minimum Gasteiger partial charge on any atom is -0.480 e. The van der Waals surface area contributed by atoms with Crippen molar-refractivity contribution in [2.75, 3.05) is 12.8 Å². The van der Waals surface area contributed by atoms with Gasteiger partial charge < -0.3 is 21.3 Å². The zero-order valence-corrected chi connectivity index (χ0v) is 18.3. The highest BCUT2D eigenvalue weighted by atomic mass is 16.5. The molecule has 2 heterocycles. The van der Waals surface area contributed by atoms with E-state index in [0.29, 0.717) is 41.3 Å². The van der Waals surface area contributed by atoms with Crippen molar-refractivity contribution in [3.8, 4) is 28.5 Å². The van der Waals surface area contributed by atoms with Gasteiger partial charge in [-0.3, -0.25) is 4.79 Å². The average molecular weight is 444 g/mol. The van der Waals surface area contributed by atoms with Crippen LogP contribution in [0, 0.1) is 0 Å². The number of carbonyl (C=O) groups excluding carboxylic acids is 1. The van der Waals surface area contributed by atoms with E-state index in [4.69, 9.17) is 21.2 Å². The van der Waals surface area contributed by atoms with Gasteiger partial charge in [-0.2, -0.15) is 10.1 Å². The summed E-state index contributed by atoms with van der Waals surface area (Å²) < 4.78 is 7.10. The van der Waals surface area contributed by atoms with E-state index in [1.807, 2.05) is 48.5 Å². The Labute approximate surface area is 190 Å². The first-order valence-corrected chi connectivity index (χ1v) is 10.6. The number of benzene rings is 2. The Hall–Kier alpha value is -3.98. The Morgan fingerprint density at radius 2 is 1.88 bits per heavy atom. The number of hydrogen-bond donors (Lipinski definition) is 3. The third-order valence-corrected chi connectivity index (χ3v) is 6.05. The number of fused-ring (bicyclic) bond motifs is 1. The largest absolute Gasteiger partial charge is 0.480 e. The van der Waals surface area contributed by atoms with E-state index >= 15 is 0 Å². The Kier molecular flexibility index (Phi) is 4.79. The van der Waals surface area contributed by atoms with Crippen molar-refractivity contribution >= 4 is 22.6 Å². The molecule has 1 aliphatic carbocycles. The second-order valence-electron chi connectivity index (χ2n) is 8.63. The molecule has 0 aliphatic heterocycles. The Morgan fingerprint density at radius 1 is 1.15 bits per heavy atom. The van der Waals surface area contributed by atoms with E-state index in [1.165, 1.54) is 0 Å². The number of aliphatic hydroxyl groups is 1. The number of ether oxygens (including phenoxy) is 1. The molecule has 168 valence electrons. The molecule has 0 bridgehead atoms. The quantitative estimate of drug-likeness (QED) is 0.429. The summed E-state index contributed by atoms with van der Waals surface area (Å²) in [5, 5.41) is 15.5. The lowest BCUT2D eigenvalue weighted by Gasteiger charge is -2.41. The number of nitrogen functional groups attached to an aromatic ring is 1. The molecule has 33 heavy (non-hydrogen) atoms. The summed E-state index contributed by atoms with van der Waals surface area (Å²) >= 11 is 0. The van der Waals surface area contributed by atoms with Crippen molar-refractivity contribution < 1.29 is 14.6 Å². The molecule has 1 saturated carbocycles. The lowest BCUT2D eigenvalue weighted by Crippen LogP contribution is -2.42. The number of hydrogen-bond acceptors (Lipinski definition) is 7. The smallest absolute Gasteiger partial charge is 0.254 e. The van der Waals surface area contributed by atoms with Crippen LogP contribution in [0.1, 0.15) is 36.2 Å². The number of rotatable bonds is 5. The van der Waals surface area contributed by atoms with Crippen molar-refractivity contribution in [3.05, 3.63) is 54.1 Å². The fourth-order valence-electron chi connectivity index (χ4n) is 4.42. The third-order valence-electron chi connectivity index (χ3n) is 6.05. The molecule has 5 rings (SSSR count). The van der Waals surface area contributed by atoms with Gasteiger partial charge >= 0.3 is 0 Å². The standard InChI is InChI=1S/C24H24N6O3/c1-24(32)11-15(12-24)30-20(25)18(21(26)31)19(29-30)14-8-9-16-17(10-14)27-22(28-23(16)33-2)13-6-4-3-5-7-13/h3-10,15,32H,11-12,25H2,1-2H3,(H2,26,31)/t15-,24+. The van der Waals surface area contributed by atoms with Crippen LogP contribution in [0.5, 0.6) is 5.88 Å². The number of amides is 1. The second kappa shape index (κ2) is 7.56. The van der Waals surface area contributed by atoms with Gasteiger partial charge in [0.25, 0.3) is 5.91 Å². The maximum Gasteiger partial charge on any atom is 0.254 e. The molecule has 0 atom stereocenters. The van der Waals surface area contributed by atoms with Crippen molar-refractivity contribution in [2.45, 2.75) is 31.4 Å². The van der Waals surface area contributed by atoms with Crippen LogP contribution in [0.15, 0.2) is 48.5 Å². The first-order valence-electron chi connectivity index (χ1n) is 10.6. The molecular formula is C24H24N6O3. The van der Waals surface area contributed by atoms with Crippen molar-refractivity contribution in [1.82, 2.24) is 19.7 Å². The molecule has 1 aliphatic rings. The van der Waals surface area contributed by atoms with E-state index in [1.54, 1.807) is 18.7 Å². The van der Waals surface area contributed by atoms with Gasteiger partial charge in [0.2, 0.25) is 5.88 Å². The van der Waals surface area contributed by atoms with Crippen molar-refractivity contribution in [2.24, 2.45) is 5.73 Å². The molecule has 2 aromatic carbocycles. The van der Waals surface area contributed by atoms with Gasteiger partial charge in [-0.25, -0.2) is 9.67 Å². The second-order valence-corrected chi connectivity index (χ2v) is 8.63. The highest BCUT2D eigenvalue weighted by Crippen LogP contribution is 2.43. The minimum atomic E-state index is -0.764. The highest BCUT2D eigenvalue weighted by molar-refractivity contribution is 6.04. The molecule has 0 saturated heterocycles. The number of nitrogens with zero attached hydrogens (tertiary/aromatic N) is 4. The summed E-state index contributed by atoms with van der Waals surface area (Å²) in [5.74, 6) is 0.504. The molecule has 2 aromatic heterocycles. The predicted octanol–water partition coefficient (Wildman–Crippen LogP) is 2.94. The number of primary amides is 1. The van der Waals surface area contributed by atoms with Crippen molar-refractivity contribution in [1.29, 1.82) is 0 Å². The molecule has 0 spiro atoms. The van der Waals surface area contributed by atoms with Gasteiger partial charge in [-0.05, 0) is 31.9 Å². The lowest BCUT2D eigenvalue weighted by molar-refractivity contribution is -0.0535. The summed E-state index contributed by atoms with van der Waals surface area (Å²) in [7, 11) is 1.56. The molecule has 5 N–H and O–H groups in total. The normalized spacial score (nSPS) is 19.9. The molecule has 4 aromatic rings. The van der Waals surface area contributed by atoms with E-state index in [0.717, 1.165) is 10.9 Å². The molecule has 1 amide bonds. The van der Waals surface area contributed by atoms with Crippen LogP contribution >= 0.6 is 0 Å². The number of carbonyl (C=O) groups is 1. The summed E-state index contributed by atoms with van der Waals surface area (Å²) in [6, 6.07) is 15.0. The highest BCUT2D eigenvalue weighted by Gasteiger charge is 2.41. The molecule has 9 nitrogen and oxygen atoms in total. The predicted molar refractivity (Wildman–Crippen MR) is 125 cm³/mol. The zero-order chi connectivity index (χ0) is 23.3. The Balaban J connectivity index is 1.65. The zero-order valence-electron chi connectivity index (χ0n) is 18.3. The van der Waals surface area contributed by atoms with E-state index in [9.17, 15) is 9.90 Å². The molecule has 0 radical (unpaired) electrons. The molecule has 1 fully saturated rings. The van der Waals surface area contributed by atoms with Crippen LogP contribution in [0.2, 0.25) is 0 Å². The summed E-state index contributed by atoms with van der Waals surface area (Å²) in [6.07, 6.45) is 0.998. The number of aromatic nitrogens is 4. The Bertz CT molecular complexity index is 1370. The van der Waals surface area contributed by atoms with Gasteiger partial charge in [0.15, 0.2) is 5.82 Å². The van der Waals surface area contributed by atoms with Gasteiger partial charge in [0.05, 0.1) is 29.7 Å². The maximum absolute atomic E-state index is 12.3. The van der Waals surface area contributed by atoms with Crippen LogP contribution in [0.25, 0.3) is 33.5 Å². The topological polar surface area (TPSA) is 142 Å². The first-order chi connectivity index (χ1) is 15.8. The van der Waals surface area contributed by atoms with Crippen LogP contribution < -0.4 is 16.2 Å². The van der Waals surface area contributed by atoms with Crippen molar-refractivity contribution in [3.63, 3.8) is 0 Å². The monoisotopic (exact) mass is 444 g/mol. The van der Waals surface area contributed by atoms with Gasteiger partial charge in [0.1, 0.15) is 17.1 Å². The van der Waals surface area contributed by atoms with Gasteiger partial charge in [-0.1, -0.05) is 36.4 Å². The van der Waals surface area contributed by atoms with E-state index in [-0.39, 0.29) is 17.4 Å². The van der Waals surface area contributed by atoms with Gasteiger partial charge in [0, 0.05) is 11.1 Å². The summed E-state index contributed by atoms with van der Waals surface area (Å²) in [4.78, 5) is 21.5. The van der Waals surface area contributed by atoms with Crippen LogP contribution in [-0.4, -0.2) is 43.5 Å². The van der Waals surface area contributed by atoms with E-state index in [2.05, 4.69) is 10.1 Å². The number of anilines is 1. The molecule has 0 unspecified atom stereocenters. The number of methoxy groups -OCH3 is 1. The minimum absolute atomic E-state index is 0.0978. The summed E-state index contributed by atoms with van der Waals surface area (Å²) in [5.41, 5.74) is 13.8. The maximum atomic E-state index is 12.3. The SMILES string of the molecule is COc1nc(-c2ccccc2)nc2cc(-c3nn([C@H]4C[C@@](C)(O)C4)c(N)c3C(N)=O)ccc12. The molecule has 9 heteroatoms.